The number of rotatable bonds is 5. The van der Waals surface area contributed by atoms with E-state index < -0.39 is 5.92 Å². The monoisotopic (exact) mass is 419 g/mol. The molecule has 1 N–H and O–H groups in total. The quantitative estimate of drug-likeness (QED) is 0.631. The van der Waals surface area contributed by atoms with E-state index in [1.54, 1.807) is 23.6 Å². The number of thiophene rings is 1. The van der Waals surface area contributed by atoms with Crippen LogP contribution in [0.25, 0.3) is 0 Å². The fourth-order valence-electron chi connectivity index (χ4n) is 3.99. The highest BCUT2D eigenvalue weighted by molar-refractivity contribution is 7.10. The van der Waals surface area contributed by atoms with Gasteiger partial charge in [0, 0.05) is 23.2 Å². The van der Waals surface area contributed by atoms with Gasteiger partial charge in [-0.25, -0.2) is 4.98 Å². The molecule has 1 aliphatic heterocycles. The molecule has 2 amide bonds. The van der Waals surface area contributed by atoms with Crippen LogP contribution in [-0.2, 0) is 4.79 Å². The topological polar surface area (TPSA) is 62.3 Å². The van der Waals surface area contributed by atoms with E-state index in [0.717, 1.165) is 16.0 Å². The van der Waals surface area contributed by atoms with Crippen molar-refractivity contribution in [1.82, 2.24) is 9.88 Å². The molecule has 3 aromatic rings. The van der Waals surface area contributed by atoms with Gasteiger partial charge in [0.25, 0.3) is 5.91 Å². The zero-order chi connectivity index (χ0) is 21.3. The van der Waals surface area contributed by atoms with Crippen molar-refractivity contribution in [3.05, 3.63) is 81.7 Å². The third-order valence-electron chi connectivity index (χ3n) is 5.28. The number of hydrogen-bond donors (Lipinski definition) is 1. The van der Waals surface area contributed by atoms with E-state index in [4.69, 9.17) is 0 Å². The number of hydrogen-bond acceptors (Lipinski definition) is 4. The molecule has 0 spiro atoms. The van der Waals surface area contributed by atoms with E-state index in [1.165, 1.54) is 0 Å². The van der Waals surface area contributed by atoms with Gasteiger partial charge < -0.3 is 10.2 Å². The van der Waals surface area contributed by atoms with Crippen LogP contribution in [0.4, 0.5) is 5.82 Å². The normalized spacial score (nSPS) is 18.4. The summed E-state index contributed by atoms with van der Waals surface area (Å²) in [5.41, 5.74) is 2.40. The predicted octanol–water partition coefficient (Wildman–Crippen LogP) is 5.03. The average molecular weight is 420 g/mol. The van der Waals surface area contributed by atoms with Crippen molar-refractivity contribution >= 4 is 29.0 Å². The molecular formula is C24H25N3O2S. The van der Waals surface area contributed by atoms with Crippen LogP contribution in [0.5, 0.6) is 0 Å². The van der Waals surface area contributed by atoms with Crippen LogP contribution < -0.4 is 5.32 Å². The number of anilines is 1. The van der Waals surface area contributed by atoms with Crippen LogP contribution in [0, 0.1) is 12.8 Å². The number of aromatic nitrogens is 1. The minimum absolute atomic E-state index is 0.0183. The highest BCUT2D eigenvalue weighted by Crippen LogP contribution is 2.44. The molecule has 154 valence electrons. The lowest BCUT2D eigenvalue weighted by Crippen LogP contribution is -2.47. The number of benzene rings is 1. The lowest BCUT2D eigenvalue weighted by molar-refractivity contribution is -0.119. The maximum Gasteiger partial charge on any atom is 0.254 e. The van der Waals surface area contributed by atoms with Crippen molar-refractivity contribution in [3.63, 3.8) is 0 Å². The average Bonchev–Trinajstić information content (AvgIpc) is 3.25. The van der Waals surface area contributed by atoms with Crippen molar-refractivity contribution in [1.29, 1.82) is 0 Å². The first-order valence-electron chi connectivity index (χ1n) is 10.1. The molecule has 1 aliphatic rings. The smallest absolute Gasteiger partial charge is 0.254 e. The zero-order valence-electron chi connectivity index (χ0n) is 17.3. The molecule has 5 nitrogen and oxygen atoms in total. The summed E-state index contributed by atoms with van der Waals surface area (Å²) in [6.07, 6.45) is 1.73. The number of fused-ring (bicyclic) bond motifs is 1. The minimum atomic E-state index is -0.514. The van der Waals surface area contributed by atoms with Gasteiger partial charge in [0.05, 0.1) is 12.0 Å². The summed E-state index contributed by atoms with van der Waals surface area (Å²) in [6, 6.07) is 14.8. The van der Waals surface area contributed by atoms with E-state index in [-0.39, 0.29) is 23.8 Å². The summed E-state index contributed by atoms with van der Waals surface area (Å²) < 4.78 is 0. The standard InChI is InChI=1S/C24H25N3O2S/c1-15(2)14-27-22(19-9-6-12-30-19)21(17-7-4-5-8-18(17)24(27)29)23(28)26-20-11-10-16(3)13-25-20/h4-13,15,21-22H,14H2,1-3H3,(H,25,26,28)/t21-,22-/m0/s1. The Labute approximate surface area is 180 Å². The van der Waals surface area contributed by atoms with Crippen LogP contribution in [0.2, 0.25) is 0 Å². The van der Waals surface area contributed by atoms with Gasteiger partial charge in [-0.05, 0) is 47.5 Å². The summed E-state index contributed by atoms with van der Waals surface area (Å²) in [6.45, 7) is 6.72. The van der Waals surface area contributed by atoms with Crippen LogP contribution in [0.15, 0.2) is 60.1 Å². The van der Waals surface area contributed by atoms with Crippen molar-refractivity contribution in [2.45, 2.75) is 32.7 Å². The lowest BCUT2D eigenvalue weighted by atomic mass is 9.81. The van der Waals surface area contributed by atoms with Gasteiger partial charge in [-0.3, -0.25) is 9.59 Å². The SMILES string of the molecule is Cc1ccc(NC(=O)[C@H]2c3ccccc3C(=O)N(CC(C)C)[C@H]2c2cccs2)nc1. The van der Waals surface area contributed by atoms with Crippen molar-refractivity contribution in [2.24, 2.45) is 5.92 Å². The predicted molar refractivity (Wildman–Crippen MR) is 120 cm³/mol. The Morgan fingerprint density at radius 3 is 2.63 bits per heavy atom. The molecule has 4 rings (SSSR count). The van der Waals surface area contributed by atoms with Gasteiger partial charge in [0.15, 0.2) is 0 Å². The van der Waals surface area contributed by atoms with Gasteiger partial charge in [0.2, 0.25) is 5.91 Å². The summed E-state index contributed by atoms with van der Waals surface area (Å²) in [7, 11) is 0. The number of nitrogens with zero attached hydrogens (tertiary/aromatic N) is 2. The van der Waals surface area contributed by atoms with Gasteiger partial charge in [-0.1, -0.05) is 44.2 Å². The molecule has 30 heavy (non-hydrogen) atoms. The van der Waals surface area contributed by atoms with Crippen LogP contribution in [0.1, 0.15) is 52.2 Å². The molecule has 0 bridgehead atoms. The van der Waals surface area contributed by atoms with Gasteiger partial charge >= 0.3 is 0 Å². The fourth-order valence-corrected chi connectivity index (χ4v) is 4.87. The van der Waals surface area contributed by atoms with E-state index in [1.807, 2.05) is 59.7 Å². The molecule has 3 heterocycles. The lowest BCUT2D eigenvalue weighted by Gasteiger charge is -2.41. The Morgan fingerprint density at radius 2 is 1.97 bits per heavy atom. The first-order chi connectivity index (χ1) is 14.5. The molecule has 0 fully saturated rings. The first kappa shape index (κ1) is 20.3. The van der Waals surface area contributed by atoms with Crippen molar-refractivity contribution < 1.29 is 9.59 Å². The van der Waals surface area contributed by atoms with E-state index in [9.17, 15) is 9.59 Å². The number of aryl methyl sites for hydroxylation is 1. The Balaban J connectivity index is 1.80. The molecule has 0 unspecified atom stereocenters. The molecule has 6 heteroatoms. The van der Waals surface area contributed by atoms with Crippen LogP contribution in [0.3, 0.4) is 0 Å². The number of carbonyl (C=O) groups is 2. The van der Waals surface area contributed by atoms with Crippen molar-refractivity contribution in [3.8, 4) is 0 Å². The Bertz CT molecular complexity index is 1040. The largest absolute Gasteiger partial charge is 0.329 e. The molecule has 0 saturated carbocycles. The molecule has 0 aliphatic carbocycles. The summed E-state index contributed by atoms with van der Waals surface area (Å²) >= 11 is 1.58. The molecule has 2 atom stereocenters. The fraction of sp³-hybridized carbons (Fsp3) is 0.292. The summed E-state index contributed by atoms with van der Waals surface area (Å²) in [5.74, 6) is 0.109. The van der Waals surface area contributed by atoms with Gasteiger partial charge in [-0.15, -0.1) is 11.3 Å². The highest BCUT2D eigenvalue weighted by Gasteiger charge is 2.44. The van der Waals surface area contributed by atoms with E-state index >= 15 is 0 Å². The zero-order valence-corrected chi connectivity index (χ0v) is 18.1. The number of amides is 2. The molecule has 2 aromatic heterocycles. The molecule has 0 radical (unpaired) electrons. The van der Waals surface area contributed by atoms with Crippen LogP contribution >= 0.6 is 11.3 Å². The van der Waals surface area contributed by atoms with Gasteiger partial charge in [0.1, 0.15) is 5.82 Å². The van der Waals surface area contributed by atoms with Gasteiger partial charge in [-0.2, -0.15) is 0 Å². The van der Waals surface area contributed by atoms with E-state index in [2.05, 4.69) is 24.1 Å². The molecule has 1 aromatic carbocycles. The number of pyridine rings is 1. The third-order valence-corrected chi connectivity index (χ3v) is 6.22. The maximum absolute atomic E-state index is 13.6. The minimum Gasteiger partial charge on any atom is -0.329 e. The second-order valence-corrected chi connectivity index (χ2v) is 9.07. The second kappa shape index (κ2) is 8.40. The second-order valence-electron chi connectivity index (χ2n) is 8.09. The van der Waals surface area contributed by atoms with Crippen LogP contribution in [-0.4, -0.2) is 28.2 Å². The maximum atomic E-state index is 13.6. The number of nitrogens with one attached hydrogen (secondary N) is 1. The van der Waals surface area contributed by atoms with E-state index in [0.29, 0.717) is 17.9 Å². The summed E-state index contributed by atoms with van der Waals surface area (Å²) in [5, 5.41) is 4.97. The summed E-state index contributed by atoms with van der Waals surface area (Å²) in [4.78, 5) is 34.2. The third kappa shape index (κ3) is 3.87. The Kier molecular flexibility index (Phi) is 5.68. The Morgan fingerprint density at radius 1 is 1.17 bits per heavy atom. The highest BCUT2D eigenvalue weighted by atomic mass is 32.1. The first-order valence-corrected chi connectivity index (χ1v) is 11.0. The molecular weight excluding hydrogens is 394 g/mol. The number of carbonyl (C=O) groups excluding carboxylic acids is 2. The Hall–Kier alpha value is -2.99. The van der Waals surface area contributed by atoms with Crippen molar-refractivity contribution in [2.75, 3.05) is 11.9 Å². The molecule has 0 saturated heterocycles.